The lowest BCUT2D eigenvalue weighted by Crippen LogP contribution is -2.46. The van der Waals surface area contributed by atoms with Crippen LogP contribution in [0.2, 0.25) is 0 Å². The maximum absolute atomic E-state index is 12.9. The quantitative estimate of drug-likeness (QED) is 0.525. The largest absolute Gasteiger partial charge is 0.379 e. The summed E-state index contributed by atoms with van der Waals surface area (Å²) in [5, 5.41) is 11.7. The SMILES string of the molecule is FC(F)n1cc(Nc2nc(NC3CCC(N4CCOCC4)CC3)c3c4c(sc3n2)CCC4)cn1. The second-order valence-corrected chi connectivity index (χ2v) is 10.4. The molecule has 6 rings (SSSR count). The van der Waals surface area contributed by atoms with Crippen molar-refractivity contribution in [3.05, 3.63) is 22.8 Å². The summed E-state index contributed by atoms with van der Waals surface area (Å²) in [6, 6.07) is 1.00. The van der Waals surface area contributed by atoms with E-state index in [9.17, 15) is 8.78 Å². The Morgan fingerprint density at radius 3 is 2.68 bits per heavy atom. The van der Waals surface area contributed by atoms with Gasteiger partial charge in [0.2, 0.25) is 5.95 Å². The minimum Gasteiger partial charge on any atom is -0.379 e. The predicted octanol–water partition coefficient (Wildman–Crippen LogP) is 4.57. The Morgan fingerprint density at radius 2 is 1.91 bits per heavy atom. The number of morpholine rings is 1. The van der Waals surface area contributed by atoms with E-state index in [1.807, 2.05) is 0 Å². The molecule has 8 nitrogen and oxygen atoms in total. The average molecular weight is 490 g/mol. The Balaban J connectivity index is 1.23. The smallest absolute Gasteiger partial charge is 0.333 e. The minimum absolute atomic E-state index is 0.363. The maximum atomic E-state index is 12.9. The second-order valence-electron chi connectivity index (χ2n) is 9.34. The third-order valence-corrected chi connectivity index (χ3v) is 8.41. The number of fused-ring (bicyclic) bond motifs is 3. The summed E-state index contributed by atoms with van der Waals surface area (Å²) in [5.74, 6) is 1.27. The summed E-state index contributed by atoms with van der Waals surface area (Å²) >= 11 is 1.73. The zero-order valence-electron chi connectivity index (χ0n) is 19.0. The van der Waals surface area contributed by atoms with E-state index in [1.54, 1.807) is 11.3 Å². The molecule has 1 aliphatic heterocycles. The number of nitrogens with zero attached hydrogens (tertiary/aromatic N) is 5. The van der Waals surface area contributed by atoms with Crippen molar-refractivity contribution in [1.29, 1.82) is 0 Å². The molecule has 3 aromatic heterocycles. The molecule has 0 aromatic carbocycles. The highest BCUT2D eigenvalue weighted by Gasteiger charge is 2.29. The molecule has 11 heteroatoms. The molecular formula is C23H29F2N7OS. The summed E-state index contributed by atoms with van der Waals surface area (Å²) < 4.78 is 32.0. The number of anilines is 3. The highest BCUT2D eigenvalue weighted by Crippen LogP contribution is 2.41. The first kappa shape index (κ1) is 22.1. The van der Waals surface area contributed by atoms with Crippen molar-refractivity contribution in [2.24, 2.45) is 0 Å². The Morgan fingerprint density at radius 1 is 1.09 bits per heavy atom. The van der Waals surface area contributed by atoms with E-state index < -0.39 is 6.55 Å². The number of nitrogens with one attached hydrogen (secondary N) is 2. The van der Waals surface area contributed by atoms with Crippen molar-refractivity contribution in [1.82, 2.24) is 24.6 Å². The fraction of sp³-hybridized carbons (Fsp3) is 0.609. The molecule has 3 aromatic rings. The van der Waals surface area contributed by atoms with E-state index in [2.05, 4.69) is 20.6 Å². The Kier molecular flexibility index (Phi) is 6.08. The van der Waals surface area contributed by atoms with Crippen molar-refractivity contribution < 1.29 is 13.5 Å². The Labute approximate surface area is 200 Å². The summed E-state index contributed by atoms with van der Waals surface area (Å²) in [7, 11) is 0. The van der Waals surface area contributed by atoms with E-state index in [0.29, 0.717) is 28.4 Å². The molecule has 0 unspecified atom stereocenters. The summed E-state index contributed by atoms with van der Waals surface area (Å²) in [6.07, 6.45) is 10.5. The van der Waals surface area contributed by atoms with Crippen LogP contribution in [-0.2, 0) is 17.6 Å². The van der Waals surface area contributed by atoms with Crippen molar-refractivity contribution in [3.63, 3.8) is 0 Å². The van der Waals surface area contributed by atoms with Crippen LogP contribution in [0, 0.1) is 0 Å². The van der Waals surface area contributed by atoms with E-state index >= 15 is 0 Å². The number of aromatic nitrogens is 4. The first-order valence-electron chi connectivity index (χ1n) is 12.1. The van der Waals surface area contributed by atoms with Crippen LogP contribution in [0.15, 0.2) is 12.4 Å². The van der Waals surface area contributed by atoms with Crippen LogP contribution in [0.25, 0.3) is 10.2 Å². The number of rotatable bonds is 6. The maximum Gasteiger partial charge on any atom is 0.333 e. The van der Waals surface area contributed by atoms with Crippen molar-refractivity contribution >= 4 is 39.0 Å². The molecule has 1 saturated carbocycles. The number of hydrogen-bond acceptors (Lipinski definition) is 8. The number of halogens is 2. The topological polar surface area (TPSA) is 80.1 Å². The molecule has 1 saturated heterocycles. The molecule has 3 aliphatic rings. The van der Waals surface area contributed by atoms with Gasteiger partial charge in [-0.2, -0.15) is 18.9 Å². The molecule has 0 atom stereocenters. The van der Waals surface area contributed by atoms with Crippen LogP contribution in [-0.4, -0.2) is 63.0 Å². The summed E-state index contributed by atoms with van der Waals surface area (Å²) in [4.78, 5) is 14.5. The van der Waals surface area contributed by atoms with Crippen LogP contribution >= 0.6 is 11.3 Å². The standard InChI is InChI=1S/C23H29F2N7OS/c24-22(25)32-13-15(12-26-32)28-23-29-20(19-17-2-1-3-18(17)34-21(19)30-23)27-14-4-6-16(7-5-14)31-8-10-33-11-9-31/h12-14,16,22H,1-11H2,(H2,27,28,29,30). The number of thiophene rings is 1. The third kappa shape index (κ3) is 4.36. The lowest BCUT2D eigenvalue weighted by molar-refractivity contribution is 0.00791. The molecule has 182 valence electrons. The molecular weight excluding hydrogens is 460 g/mol. The van der Waals surface area contributed by atoms with Gasteiger partial charge in [0.15, 0.2) is 0 Å². The predicted molar refractivity (Wildman–Crippen MR) is 128 cm³/mol. The highest BCUT2D eigenvalue weighted by molar-refractivity contribution is 7.19. The average Bonchev–Trinajstić information content (AvgIpc) is 3.57. The molecule has 4 heterocycles. The van der Waals surface area contributed by atoms with Crippen molar-refractivity contribution in [2.45, 2.75) is 63.6 Å². The van der Waals surface area contributed by atoms with Gasteiger partial charge in [0.25, 0.3) is 0 Å². The van der Waals surface area contributed by atoms with Gasteiger partial charge in [0.1, 0.15) is 10.6 Å². The van der Waals surface area contributed by atoms with Crippen LogP contribution in [0.3, 0.4) is 0 Å². The van der Waals surface area contributed by atoms with E-state index in [1.165, 1.54) is 42.1 Å². The van der Waals surface area contributed by atoms with Crippen molar-refractivity contribution in [2.75, 3.05) is 36.9 Å². The first-order valence-corrected chi connectivity index (χ1v) is 13.0. The summed E-state index contributed by atoms with van der Waals surface area (Å²) in [5.41, 5.74) is 1.82. The van der Waals surface area contributed by atoms with Gasteiger partial charge in [0.05, 0.1) is 36.7 Å². The molecule has 0 radical (unpaired) electrons. The fourth-order valence-electron chi connectivity index (χ4n) is 5.52. The first-order chi connectivity index (χ1) is 16.6. The lowest BCUT2D eigenvalue weighted by atomic mass is 9.90. The Hall–Kier alpha value is -2.37. The van der Waals surface area contributed by atoms with Crippen LogP contribution in [0.5, 0.6) is 0 Å². The van der Waals surface area contributed by atoms with E-state index in [-0.39, 0.29) is 0 Å². The number of aryl methyl sites for hydroxylation is 2. The molecule has 2 N–H and O–H groups in total. The summed E-state index contributed by atoms with van der Waals surface area (Å²) in [6.45, 7) is 1.07. The van der Waals surface area contributed by atoms with Gasteiger partial charge in [-0.3, -0.25) is 4.90 Å². The van der Waals surface area contributed by atoms with E-state index in [4.69, 9.17) is 14.7 Å². The zero-order chi connectivity index (χ0) is 23.1. The molecule has 0 amide bonds. The second kappa shape index (κ2) is 9.35. The van der Waals surface area contributed by atoms with E-state index in [0.717, 1.165) is 68.0 Å². The molecule has 34 heavy (non-hydrogen) atoms. The number of alkyl halides is 2. The van der Waals surface area contributed by atoms with Crippen LogP contribution < -0.4 is 10.6 Å². The van der Waals surface area contributed by atoms with Gasteiger partial charge in [-0.05, 0) is 50.5 Å². The molecule has 0 spiro atoms. The van der Waals surface area contributed by atoms with Crippen LogP contribution in [0.4, 0.5) is 26.2 Å². The highest BCUT2D eigenvalue weighted by atomic mass is 32.1. The lowest BCUT2D eigenvalue weighted by Gasteiger charge is -2.39. The van der Waals surface area contributed by atoms with Crippen molar-refractivity contribution in [3.8, 4) is 0 Å². The zero-order valence-corrected chi connectivity index (χ0v) is 19.8. The normalized spacial score (nSPS) is 23.5. The number of hydrogen-bond donors (Lipinski definition) is 2. The fourth-order valence-corrected chi connectivity index (χ4v) is 6.78. The van der Waals surface area contributed by atoms with Crippen LogP contribution in [0.1, 0.15) is 49.1 Å². The molecule has 0 bridgehead atoms. The van der Waals surface area contributed by atoms with Gasteiger partial charge in [0, 0.05) is 30.1 Å². The molecule has 2 aliphatic carbocycles. The van der Waals surface area contributed by atoms with Gasteiger partial charge in [-0.25, -0.2) is 9.67 Å². The van der Waals surface area contributed by atoms with Gasteiger partial charge < -0.3 is 15.4 Å². The monoisotopic (exact) mass is 489 g/mol. The van der Waals surface area contributed by atoms with Gasteiger partial charge in [-0.1, -0.05) is 0 Å². The Bertz CT molecular complexity index is 1150. The molecule has 2 fully saturated rings. The van der Waals surface area contributed by atoms with Gasteiger partial charge >= 0.3 is 6.55 Å². The minimum atomic E-state index is -2.68. The van der Waals surface area contributed by atoms with Gasteiger partial charge in [-0.15, -0.1) is 11.3 Å². The third-order valence-electron chi connectivity index (χ3n) is 7.22. The number of ether oxygens (including phenoxy) is 1.